The highest BCUT2D eigenvalue weighted by atomic mass is 16.6. The first-order valence-corrected chi connectivity index (χ1v) is 6.19. The molecule has 0 rings (SSSR count). The maximum absolute atomic E-state index is 11.8. The highest BCUT2D eigenvalue weighted by Gasteiger charge is 2.40. The molecular formula is C13H28N2O3. The summed E-state index contributed by atoms with van der Waals surface area (Å²) in [6, 6.07) is -0.398. The standard InChI is InChI=1S/C13H28N2O3/c1-11(2,3)9(13(7,14)8-16)15-10(17)18-12(4,5)6/h9,16H,8,14H2,1-7H3,(H,15,17). The molecule has 0 saturated heterocycles. The van der Waals surface area contributed by atoms with Crippen LogP contribution in [0.15, 0.2) is 0 Å². The van der Waals surface area contributed by atoms with Crippen molar-refractivity contribution in [2.75, 3.05) is 6.61 Å². The van der Waals surface area contributed by atoms with Crippen molar-refractivity contribution in [3.05, 3.63) is 0 Å². The van der Waals surface area contributed by atoms with Crippen LogP contribution >= 0.6 is 0 Å². The van der Waals surface area contributed by atoms with Gasteiger partial charge in [0.2, 0.25) is 0 Å². The lowest BCUT2D eigenvalue weighted by Gasteiger charge is -2.42. The average Bonchev–Trinajstić information content (AvgIpc) is 2.09. The van der Waals surface area contributed by atoms with E-state index in [1.807, 2.05) is 20.8 Å². The van der Waals surface area contributed by atoms with Gasteiger partial charge in [0.25, 0.3) is 0 Å². The molecule has 1 amide bonds. The normalized spacial score (nSPS) is 17.8. The van der Waals surface area contributed by atoms with Crippen molar-refractivity contribution >= 4 is 6.09 Å². The van der Waals surface area contributed by atoms with Crippen LogP contribution in [-0.2, 0) is 4.74 Å². The fourth-order valence-corrected chi connectivity index (χ4v) is 1.89. The van der Waals surface area contributed by atoms with E-state index < -0.39 is 23.3 Å². The van der Waals surface area contributed by atoms with Gasteiger partial charge in [-0.25, -0.2) is 4.79 Å². The first kappa shape index (κ1) is 17.2. The Morgan fingerprint density at radius 3 is 1.94 bits per heavy atom. The molecule has 0 aliphatic carbocycles. The summed E-state index contributed by atoms with van der Waals surface area (Å²) in [6.07, 6.45) is -0.521. The summed E-state index contributed by atoms with van der Waals surface area (Å²) in [7, 11) is 0. The third kappa shape index (κ3) is 5.69. The average molecular weight is 260 g/mol. The van der Waals surface area contributed by atoms with E-state index in [1.54, 1.807) is 27.7 Å². The number of hydrogen-bond donors (Lipinski definition) is 3. The number of carbonyl (C=O) groups excluding carboxylic acids is 1. The second-order valence-electron chi connectivity index (χ2n) is 7.11. The minimum absolute atomic E-state index is 0.218. The van der Waals surface area contributed by atoms with Gasteiger partial charge in [0.1, 0.15) is 5.60 Å². The molecule has 0 aromatic rings. The van der Waals surface area contributed by atoms with Crippen molar-refractivity contribution < 1.29 is 14.6 Å². The summed E-state index contributed by atoms with van der Waals surface area (Å²) in [5.74, 6) is 0. The monoisotopic (exact) mass is 260 g/mol. The van der Waals surface area contributed by atoms with Crippen LogP contribution in [0, 0.1) is 5.41 Å². The van der Waals surface area contributed by atoms with Crippen LogP contribution in [0.5, 0.6) is 0 Å². The Balaban J connectivity index is 4.89. The molecule has 0 aliphatic rings. The molecule has 5 nitrogen and oxygen atoms in total. The Hall–Kier alpha value is -0.810. The zero-order valence-electron chi connectivity index (χ0n) is 12.6. The summed E-state index contributed by atoms with van der Waals surface area (Å²) in [5, 5.41) is 12.1. The number of amides is 1. The number of nitrogens with two attached hydrogens (primary N) is 1. The first-order valence-electron chi connectivity index (χ1n) is 6.19. The fourth-order valence-electron chi connectivity index (χ4n) is 1.89. The molecule has 4 N–H and O–H groups in total. The van der Waals surface area contributed by atoms with Crippen molar-refractivity contribution in [1.29, 1.82) is 0 Å². The van der Waals surface area contributed by atoms with Gasteiger partial charge in [0, 0.05) is 0 Å². The molecule has 5 heteroatoms. The van der Waals surface area contributed by atoms with E-state index in [1.165, 1.54) is 0 Å². The van der Waals surface area contributed by atoms with Crippen molar-refractivity contribution in [3.63, 3.8) is 0 Å². The van der Waals surface area contributed by atoms with Gasteiger partial charge in [0.15, 0.2) is 0 Å². The molecule has 108 valence electrons. The minimum atomic E-state index is -0.908. The number of hydrogen-bond acceptors (Lipinski definition) is 4. The van der Waals surface area contributed by atoms with Crippen LogP contribution < -0.4 is 11.1 Å². The van der Waals surface area contributed by atoms with E-state index in [0.29, 0.717) is 0 Å². The van der Waals surface area contributed by atoms with Crippen LogP contribution in [0.1, 0.15) is 48.5 Å². The predicted octanol–water partition coefficient (Wildman–Crippen LogP) is 1.64. The smallest absolute Gasteiger partial charge is 0.407 e. The third-order valence-corrected chi connectivity index (χ3v) is 2.53. The van der Waals surface area contributed by atoms with Gasteiger partial charge in [-0.05, 0) is 33.1 Å². The number of aliphatic hydroxyl groups excluding tert-OH is 1. The number of carbonyl (C=O) groups is 1. The second kappa shape index (κ2) is 5.45. The summed E-state index contributed by atoms with van der Waals surface area (Å²) in [5.41, 5.74) is 4.28. The Bertz CT molecular complexity index is 288. The van der Waals surface area contributed by atoms with Crippen LogP contribution in [0.2, 0.25) is 0 Å². The van der Waals surface area contributed by atoms with E-state index in [0.717, 1.165) is 0 Å². The lowest BCUT2D eigenvalue weighted by Crippen LogP contribution is -2.64. The quantitative estimate of drug-likeness (QED) is 0.720. The van der Waals surface area contributed by atoms with E-state index in [9.17, 15) is 9.90 Å². The number of rotatable bonds is 3. The van der Waals surface area contributed by atoms with Crippen molar-refractivity contribution in [2.24, 2.45) is 11.1 Å². The summed E-state index contributed by atoms with van der Waals surface area (Å²) in [4.78, 5) is 11.8. The Morgan fingerprint density at radius 1 is 1.22 bits per heavy atom. The molecule has 2 unspecified atom stereocenters. The molecule has 0 radical (unpaired) electrons. The van der Waals surface area contributed by atoms with Gasteiger partial charge in [-0.1, -0.05) is 20.8 Å². The minimum Gasteiger partial charge on any atom is -0.444 e. The molecular weight excluding hydrogens is 232 g/mol. The number of nitrogens with one attached hydrogen (secondary N) is 1. The molecule has 0 aromatic carbocycles. The van der Waals surface area contributed by atoms with Gasteiger partial charge in [-0.3, -0.25) is 0 Å². The van der Waals surface area contributed by atoms with Gasteiger partial charge < -0.3 is 20.9 Å². The van der Waals surface area contributed by atoms with Crippen LogP contribution in [0.4, 0.5) is 4.79 Å². The first-order chi connectivity index (χ1) is 7.79. The molecule has 0 bridgehead atoms. The maximum Gasteiger partial charge on any atom is 0.407 e. The summed E-state index contributed by atoms with van der Waals surface area (Å²) < 4.78 is 5.22. The second-order valence-corrected chi connectivity index (χ2v) is 7.11. The third-order valence-electron chi connectivity index (χ3n) is 2.53. The maximum atomic E-state index is 11.8. The van der Waals surface area contributed by atoms with Gasteiger partial charge in [-0.2, -0.15) is 0 Å². The highest BCUT2D eigenvalue weighted by Crippen LogP contribution is 2.27. The van der Waals surface area contributed by atoms with Crippen LogP contribution in [0.3, 0.4) is 0 Å². The summed E-state index contributed by atoms with van der Waals surface area (Å²) in [6.45, 7) is 12.7. The molecule has 0 spiro atoms. The summed E-state index contributed by atoms with van der Waals surface area (Å²) >= 11 is 0. The molecule has 0 fully saturated rings. The number of ether oxygens (including phenoxy) is 1. The Kier molecular flexibility index (Phi) is 5.20. The zero-order chi connectivity index (χ0) is 14.8. The van der Waals surface area contributed by atoms with Crippen molar-refractivity contribution in [3.8, 4) is 0 Å². The lowest BCUT2D eigenvalue weighted by atomic mass is 9.76. The fraction of sp³-hybridized carbons (Fsp3) is 0.923. The molecule has 0 aromatic heterocycles. The molecule has 2 atom stereocenters. The molecule has 0 saturated carbocycles. The van der Waals surface area contributed by atoms with Crippen LogP contribution in [-0.4, -0.2) is 35.0 Å². The SMILES string of the molecule is CC(C)(C)OC(=O)NC(C(C)(C)C)C(C)(N)CO. The number of alkyl carbamates (subject to hydrolysis) is 1. The van der Waals surface area contributed by atoms with Gasteiger partial charge in [0.05, 0.1) is 18.2 Å². The van der Waals surface area contributed by atoms with E-state index in [2.05, 4.69) is 5.32 Å². The number of aliphatic hydroxyl groups is 1. The Labute approximate surface area is 110 Å². The van der Waals surface area contributed by atoms with E-state index >= 15 is 0 Å². The Morgan fingerprint density at radius 2 is 1.67 bits per heavy atom. The zero-order valence-corrected chi connectivity index (χ0v) is 12.6. The topological polar surface area (TPSA) is 84.6 Å². The molecule has 18 heavy (non-hydrogen) atoms. The van der Waals surface area contributed by atoms with Gasteiger partial charge >= 0.3 is 6.09 Å². The van der Waals surface area contributed by atoms with Gasteiger partial charge in [-0.15, -0.1) is 0 Å². The molecule has 0 heterocycles. The van der Waals surface area contributed by atoms with Crippen LogP contribution in [0.25, 0.3) is 0 Å². The molecule has 0 aliphatic heterocycles. The van der Waals surface area contributed by atoms with Crippen molar-refractivity contribution in [2.45, 2.75) is 65.6 Å². The van der Waals surface area contributed by atoms with E-state index in [4.69, 9.17) is 10.5 Å². The highest BCUT2D eigenvalue weighted by molar-refractivity contribution is 5.68. The van der Waals surface area contributed by atoms with Crippen molar-refractivity contribution in [1.82, 2.24) is 5.32 Å². The largest absolute Gasteiger partial charge is 0.444 e. The lowest BCUT2D eigenvalue weighted by molar-refractivity contribution is 0.0364. The van der Waals surface area contributed by atoms with E-state index in [-0.39, 0.29) is 12.0 Å². The predicted molar refractivity (Wildman–Crippen MR) is 72.3 cm³/mol.